The van der Waals surface area contributed by atoms with Gasteiger partial charge >= 0.3 is 0 Å². The molecule has 1 aromatic carbocycles. The van der Waals surface area contributed by atoms with Crippen LogP contribution < -0.4 is 9.47 Å². The van der Waals surface area contributed by atoms with Gasteiger partial charge in [-0.15, -0.1) is 0 Å². The molecule has 0 aromatic heterocycles. The quantitative estimate of drug-likeness (QED) is 0.749. The number of hydrogen-bond acceptors (Lipinski definition) is 5. The number of nitrogens with zero attached hydrogens (tertiary/aromatic N) is 1. The summed E-state index contributed by atoms with van der Waals surface area (Å²) >= 11 is 3.64. The van der Waals surface area contributed by atoms with Crippen LogP contribution in [-0.2, 0) is 11.2 Å². The first kappa shape index (κ1) is 20.8. The fraction of sp³-hybridized carbons (Fsp3) is 0.700. The zero-order valence-electron chi connectivity index (χ0n) is 16.4. The molecule has 152 valence electrons. The smallest absolute Gasteiger partial charge is 0.175 e. The molecule has 7 heteroatoms. The first-order valence-electron chi connectivity index (χ1n) is 9.43. The normalized spacial score (nSPS) is 25.7. The van der Waals surface area contributed by atoms with Crippen molar-refractivity contribution in [3.8, 4) is 11.5 Å². The van der Waals surface area contributed by atoms with Crippen LogP contribution in [0.25, 0.3) is 0 Å². The van der Waals surface area contributed by atoms with E-state index in [4.69, 9.17) is 14.2 Å². The highest BCUT2D eigenvalue weighted by Crippen LogP contribution is 2.47. The highest BCUT2D eigenvalue weighted by Gasteiger charge is 2.41. The van der Waals surface area contributed by atoms with Crippen LogP contribution in [0.2, 0.25) is 0 Å². The molecule has 0 radical (unpaired) electrons. The van der Waals surface area contributed by atoms with Crippen molar-refractivity contribution >= 4 is 15.9 Å². The molecule has 5 nitrogen and oxygen atoms in total. The second-order valence-corrected chi connectivity index (χ2v) is 8.95. The number of halogens is 2. The van der Waals surface area contributed by atoms with Crippen molar-refractivity contribution in [2.24, 2.45) is 0 Å². The van der Waals surface area contributed by atoms with Crippen LogP contribution in [0.4, 0.5) is 4.39 Å². The Balaban J connectivity index is 1.89. The van der Waals surface area contributed by atoms with E-state index < -0.39 is 12.8 Å². The summed E-state index contributed by atoms with van der Waals surface area (Å²) in [5, 5.41) is 10.7. The standard InChI is InChI=1S/C20H29BrFNO4/c1-20(2,3)27-17-11-23-7-5-12-13(14(23)10-15(17)24)9-16(25-4)19(18(12)21)26-8-6-22/h9,14-15,17,24H,5-8,10-11H2,1-4H3/t14-,15-,17-/m1/s1. The molecule has 2 aliphatic rings. The Bertz CT molecular complexity index is 679. The molecule has 27 heavy (non-hydrogen) atoms. The van der Waals surface area contributed by atoms with Crippen molar-refractivity contribution in [1.29, 1.82) is 0 Å². The third-order valence-corrected chi connectivity index (χ3v) is 5.97. The van der Waals surface area contributed by atoms with Crippen molar-refractivity contribution in [1.82, 2.24) is 4.90 Å². The number of fused-ring (bicyclic) bond motifs is 3. The predicted octanol–water partition coefficient (Wildman–Crippen LogP) is 3.65. The SMILES string of the molecule is COc1cc2c(c(Br)c1OCCF)CCN1C[C@@H](OC(C)(C)C)[C@H](O)C[C@H]21. The summed E-state index contributed by atoms with van der Waals surface area (Å²) in [7, 11) is 1.58. The van der Waals surface area contributed by atoms with E-state index in [-0.39, 0.29) is 24.4 Å². The van der Waals surface area contributed by atoms with E-state index in [1.807, 2.05) is 26.8 Å². The molecule has 3 rings (SSSR count). The number of methoxy groups -OCH3 is 1. The van der Waals surface area contributed by atoms with Gasteiger partial charge in [-0.2, -0.15) is 0 Å². The number of piperidine rings is 1. The summed E-state index contributed by atoms with van der Waals surface area (Å²) in [6.07, 6.45) is 0.735. The average molecular weight is 446 g/mol. The van der Waals surface area contributed by atoms with Crippen molar-refractivity contribution < 1.29 is 23.7 Å². The first-order valence-corrected chi connectivity index (χ1v) is 10.2. The van der Waals surface area contributed by atoms with Crippen LogP contribution >= 0.6 is 15.9 Å². The summed E-state index contributed by atoms with van der Waals surface area (Å²) in [5.41, 5.74) is 1.99. The maximum atomic E-state index is 12.6. The number of ether oxygens (including phenoxy) is 3. The van der Waals surface area contributed by atoms with Gasteiger partial charge < -0.3 is 19.3 Å². The minimum atomic E-state index is -0.551. The highest BCUT2D eigenvalue weighted by molar-refractivity contribution is 9.10. The number of benzene rings is 1. The Morgan fingerprint density at radius 1 is 1.37 bits per heavy atom. The highest BCUT2D eigenvalue weighted by atomic mass is 79.9. The lowest BCUT2D eigenvalue weighted by Crippen LogP contribution is -2.53. The van der Waals surface area contributed by atoms with Gasteiger partial charge in [-0.25, -0.2) is 4.39 Å². The minimum Gasteiger partial charge on any atom is -0.493 e. The second kappa shape index (κ2) is 8.23. The van der Waals surface area contributed by atoms with Gasteiger partial charge in [-0.1, -0.05) is 0 Å². The van der Waals surface area contributed by atoms with E-state index in [1.165, 1.54) is 0 Å². The van der Waals surface area contributed by atoms with Gasteiger partial charge in [0.1, 0.15) is 13.3 Å². The van der Waals surface area contributed by atoms with Gasteiger partial charge in [0.25, 0.3) is 0 Å². The fourth-order valence-corrected chi connectivity index (χ4v) is 4.79. The van der Waals surface area contributed by atoms with Gasteiger partial charge in [0.15, 0.2) is 11.5 Å². The zero-order chi connectivity index (χ0) is 19.8. The zero-order valence-corrected chi connectivity index (χ0v) is 18.0. The summed E-state index contributed by atoms with van der Waals surface area (Å²) < 4.78 is 30.6. The van der Waals surface area contributed by atoms with E-state index in [0.717, 1.165) is 28.6 Å². The van der Waals surface area contributed by atoms with Crippen molar-refractivity contribution in [2.45, 2.75) is 57.5 Å². The van der Waals surface area contributed by atoms with E-state index >= 15 is 0 Å². The number of aliphatic hydroxyl groups is 1. The Kier molecular flexibility index (Phi) is 6.35. The molecule has 0 aliphatic carbocycles. The third-order valence-electron chi connectivity index (χ3n) is 5.13. The predicted molar refractivity (Wildman–Crippen MR) is 105 cm³/mol. The Morgan fingerprint density at radius 3 is 2.74 bits per heavy atom. The fourth-order valence-electron chi connectivity index (χ4n) is 4.05. The number of alkyl halides is 1. The summed E-state index contributed by atoms with van der Waals surface area (Å²) in [5.74, 6) is 1.13. The van der Waals surface area contributed by atoms with Crippen LogP contribution in [-0.4, -0.2) is 61.3 Å². The summed E-state index contributed by atoms with van der Waals surface area (Å²) in [6.45, 7) is 7.05. The molecule has 3 atom stereocenters. The molecule has 0 spiro atoms. The van der Waals surface area contributed by atoms with Crippen molar-refractivity contribution in [3.63, 3.8) is 0 Å². The number of rotatable bonds is 5. The number of hydrogen-bond donors (Lipinski definition) is 1. The van der Waals surface area contributed by atoms with Gasteiger partial charge in [-0.3, -0.25) is 4.90 Å². The Morgan fingerprint density at radius 2 is 2.11 bits per heavy atom. The molecular weight excluding hydrogens is 417 g/mol. The molecule has 0 amide bonds. The molecule has 0 saturated carbocycles. The molecule has 0 unspecified atom stereocenters. The molecule has 1 saturated heterocycles. The summed E-state index contributed by atoms with van der Waals surface area (Å²) in [4.78, 5) is 2.37. The van der Waals surface area contributed by atoms with E-state index in [2.05, 4.69) is 20.8 Å². The van der Waals surface area contributed by atoms with Crippen molar-refractivity contribution in [3.05, 3.63) is 21.7 Å². The lowest BCUT2D eigenvalue weighted by Gasteiger charge is -2.47. The van der Waals surface area contributed by atoms with E-state index in [1.54, 1.807) is 7.11 Å². The van der Waals surface area contributed by atoms with Crippen LogP contribution in [0.15, 0.2) is 10.5 Å². The molecule has 2 heterocycles. The summed E-state index contributed by atoms with van der Waals surface area (Å²) in [6, 6.07) is 2.08. The van der Waals surface area contributed by atoms with Crippen LogP contribution in [0, 0.1) is 0 Å². The average Bonchev–Trinajstić information content (AvgIpc) is 2.60. The maximum Gasteiger partial charge on any atom is 0.175 e. The lowest BCUT2D eigenvalue weighted by atomic mass is 9.84. The Labute approximate surface area is 168 Å². The second-order valence-electron chi connectivity index (χ2n) is 8.16. The molecule has 2 aliphatic heterocycles. The molecule has 0 bridgehead atoms. The topological polar surface area (TPSA) is 51.2 Å². The van der Waals surface area contributed by atoms with Gasteiger partial charge in [-0.05, 0) is 66.7 Å². The first-order chi connectivity index (χ1) is 12.7. The third kappa shape index (κ3) is 4.42. The molecular formula is C20H29BrFNO4. The van der Waals surface area contributed by atoms with Gasteiger partial charge in [0.2, 0.25) is 0 Å². The Hall–Kier alpha value is -0.890. The molecule has 1 N–H and O–H groups in total. The maximum absolute atomic E-state index is 12.6. The van der Waals surface area contributed by atoms with Crippen LogP contribution in [0.3, 0.4) is 0 Å². The van der Waals surface area contributed by atoms with E-state index in [9.17, 15) is 9.50 Å². The largest absolute Gasteiger partial charge is 0.493 e. The van der Waals surface area contributed by atoms with Gasteiger partial charge in [0.05, 0.1) is 29.4 Å². The minimum absolute atomic E-state index is 0.00611. The molecule has 1 fully saturated rings. The lowest BCUT2D eigenvalue weighted by molar-refractivity contribution is -0.149. The van der Waals surface area contributed by atoms with Crippen LogP contribution in [0.1, 0.15) is 44.4 Å². The number of aliphatic hydroxyl groups excluding tert-OH is 1. The monoisotopic (exact) mass is 445 g/mol. The van der Waals surface area contributed by atoms with Crippen LogP contribution in [0.5, 0.6) is 11.5 Å². The van der Waals surface area contributed by atoms with E-state index in [0.29, 0.717) is 24.5 Å². The van der Waals surface area contributed by atoms with Gasteiger partial charge in [0, 0.05) is 19.1 Å². The molecule has 1 aromatic rings. The van der Waals surface area contributed by atoms with Crippen molar-refractivity contribution in [2.75, 3.05) is 33.5 Å².